The molecule has 1 N–H and O–H groups in total. The van der Waals surface area contributed by atoms with Gasteiger partial charge in [0.05, 0.1) is 0 Å². The third kappa shape index (κ3) is 2.66. The van der Waals surface area contributed by atoms with Crippen LogP contribution in [0.1, 0.15) is 42.6 Å². The average molecular weight is 391 g/mol. The Morgan fingerprint density at radius 1 is 1.10 bits per heavy atom. The Labute approximate surface area is 168 Å². The number of para-hydroxylation sites is 1. The fourth-order valence-corrected chi connectivity index (χ4v) is 4.64. The second kappa shape index (κ2) is 6.72. The van der Waals surface area contributed by atoms with Crippen LogP contribution in [0.4, 0.5) is 9.18 Å². The van der Waals surface area contributed by atoms with Gasteiger partial charge in [0.15, 0.2) is 0 Å². The Morgan fingerprint density at radius 2 is 1.86 bits per heavy atom. The van der Waals surface area contributed by atoms with E-state index in [1.807, 2.05) is 31.2 Å². The van der Waals surface area contributed by atoms with Crippen LogP contribution in [-0.4, -0.2) is 39.3 Å². The highest BCUT2D eigenvalue weighted by Crippen LogP contribution is 2.43. The first-order chi connectivity index (χ1) is 14.1. The summed E-state index contributed by atoms with van der Waals surface area (Å²) in [6.07, 6.45) is 2.19. The van der Waals surface area contributed by atoms with E-state index in [9.17, 15) is 14.0 Å². The Bertz CT molecular complexity index is 1110. The molecular formula is C23H22FN3O2. The maximum absolute atomic E-state index is 13.6. The number of fused-ring (bicyclic) bond motifs is 4. The summed E-state index contributed by atoms with van der Waals surface area (Å²) in [5.74, 6) is -0.460. The summed E-state index contributed by atoms with van der Waals surface area (Å²) in [5.41, 5.74) is 3.75. The number of hydrogen-bond donors (Lipinski definition) is 1. The van der Waals surface area contributed by atoms with Crippen molar-refractivity contribution < 1.29 is 14.0 Å². The number of hydrogen-bond acceptors (Lipinski definition) is 2. The van der Waals surface area contributed by atoms with Gasteiger partial charge in [0.2, 0.25) is 0 Å². The Hall–Kier alpha value is -3.15. The average Bonchev–Trinajstić information content (AvgIpc) is 3.21. The molecule has 0 bridgehead atoms. The topological polar surface area (TPSA) is 56.4 Å². The van der Waals surface area contributed by atoms with Crippen molar-refractivity contribution in [3.8, 4) is 0 Å². The highest BCUT2D eigenvalue weighted by molar-refractivity contribution is 6.05. The van der Waals surface area contributed by atoms with Crippen LogP contribution in [0.2, 0.25) is 0 Å². The Morgan fingerprint density at radius 3 is 2.62 bits per heavy atom. The van der Waals surface area contributed by atoms with Crippen LogP contribution in [-0.2, 0) is 11.2 Å². The van der Waals surface area contributed by atoms with E-state index in [0.717, 1.165) is 40.6 Å². The quantitative estimate of drug-likeness (QED) is 0.671. The van der Waals surface area contributed by atoms with E-state index in [0.29, 0.717) is 13.0 Å². The molecule has 0 spiro atoms. The first kappa shape index (κ1) is 17.9. The van der Waals surface area contributed by atoms with Gasteiger partial charge in [-0.1, -0.05) is 43.7 Å². The lowest BCUT2D eigenvalue weighted by Crippen LogP contribution is -2.44. The number of imide groups is 1. The van der Waals surface area contributed by atoms with Crippen molar-refractivity contribution >= 4 is 22.8 Å². The number of urea groups is 1. The van der Waals surface area contributed by atoms with Gasteiger partial charge in [-0.25, -0.2) is 9.18 Å². The highest BCUT2D eigenvalue weighted by Gasteiger charge is 2.52. The molecule has 6 heteroatoms. The van der Waals surface area contributed by atoms with Crippen molar-refractivity contribution in [2.45, 2.75) is 38.3 Å². The summed E-state index contributed by atoms with van der Waals surface area (Å²) in [6.45, 7) is 2.47. The molecule has 148 valence electrons. The van der Waals surface area contributed by atoms with Crippen molar-refractivity contribution in [3.63, 3.8) is 0 Å². The molecule has 29 heavy (non-hydrogen) atoms. The monoisotopic (exact) mass is 391 g/mol. The van der Waals surface area contributed by atoms with E-state index in [4.69, 9.17) is 0 Å². The molecule has 3 aromatic rings. The van der Waals surface area contributed by atoms with Crippen LogP contribution in [0.3, 0.4) is 0 Å². The number of unbranched alkanes of at least 4 members (excludes halogenated alkanes) is 1. The molecule has 1 saturated heterocycles. The SMILES string of the molecule is CCCCN1C(=O)C2Cc3c([nH]c4ccccc34)C(c3ccc(F)cc3)N2C1=O. The molecule has 2 atom stereocenters. The predicted octanol–water partition coefficient (Wildman–Crippen LogP) is 4.39. The number of aromatic amines is 1. The maximum atomic E-state index is 13.6. The lowest BCUT2D eigenvalue weighted by molar-refractivity contribution is -0.128. The Kier molecular flexibility index (Phi) is 4.15. The fraction of sp³-hybridized carbons (Fsp3) is 0.304. The molecule has 3 heterocycles. The van der Waals surface area contributed by atoms with Crippen LogP contribution in [0.25, 0.3) is 10.9 Å². The van der Waals surface area contributed by atoms with Gasteiger partial charge in [-0.3, -0.25) is 14.6 Å². The molecule has 2 unspecified atom stereocenters. The minimum Gasteiger partial charge on any atom is -0.356 e. The minimum atomic E-state index is -0.527. The molecule has 2 aromatic carbocycles. The summed E-state index contributed by atoms with van der Waals surface area (Å²) >= 11 is 0. The molecule has 3 amide bonds. The maximum Gasteiger partial charge on any atom is 0.328 e. The van der Waals surface area contributed by atoms with Gasteiger partial charge in [0, 0.05) is 29.6 Å². The van der Waals surface area contributed by atoms with Gasteiger partial charge in [-0.15, -0.1) is 0 Å². The van der Waals surface area contributed by atoms with Gasteiger partial charge in [-0.2, -0.15) is 0 Å². The molecule has 2 aliphatic rings. The molecule has 1 aromatic heterocycles. The predicted molar refractivity (Wildman–Crippen MR) is 108 cm³/mol. The number of benzene rings is 2. The van der Waals surface area contributed by atoms with Crippen LogP contribution in [0, 0.1) is 5.82 Å². The van der Waals surface area contributed by atoms with Crippen LogP contribution >= 0.6 is 0 Å². The second-order valence-electron chi connectivity index (χ2n) is 7.77. The van der Waals surface area contributed by atoms with E-state index in [2.05, 4.69) is 4.98 Å². The number of H-pyrrole nitrogens is 1. The van der Waals surface area contributed by atoms with Gasteiger partial charge >= 0.3 is 6.03 Å². The summed E-state index contributed by atoms with van der Waals surface area (Å²) in [7, 11) is 0. The number of rotatable bonds is 4. The van der Waals surface area contributed by atoms with Gasteiger partial charge < -0.3 is 4.98 Å². The van der Waals surface area contributed by atoms with Crippen molar-refractivity contribution in [2.24, 2.45) is 0 Å². The summed E-state index contributed by atoms with van der Waals surface area (Å²) < 4.78 is 13.6. The zero-order valence-corrected chi connectivity index (χ0v) is 16.2. The standard InChI is InChI=1S/C23H22FN3O2/c1-2-3-12-26-22(28)19-13-17-16-6-4-5-7-18(16)25-20(17)21(27(19)23(26)29)14-8-10-15(24)11-9-14/h4-11,19,21,25H,2-3,12-13H2,1H3. The van der Waals surface area contributed by atoms with Gasteiger partial charge in [0.25, 0.3) is 5.91 Å². The van der Waals surface area contributed by atoms with E-state index in [1.165, 1.54) is 17.0 Å². The first-order valence-corrected chi connectivity index (χ1v) is 10.1. The molecule has 0 saturated carbocycles. The zero-order valence-electron chi connectivity index (χ0n) is 16.2. The van der Waals surface area contributed by atoms with Gasteiger partial charge in [0.1, 0.15) is 17.9 Å². The molecular weight excluding hydrogens is 369 g/mol. The highest BCUT2D eigenvalue weighted by atomic mass is 19.1. The summed E-state index contributed by atoms with van der Waals surface area (Å²) in [5, 5.41) is 1.07. The smallest absolute Gasteiger partial charge is 0.328 e. The van der Waals surface area contributed by atoms with Crippen LogP contribution < -0.4 is 0 Å². The number of carbonyl (C=O) groups is 2. The summed E-state index contributed by atoms with van der Waals surface area (Å²) in [6, 6.07) is 12.9. The minimum absolute atomic E-state index is 0.133. The largest absolute Gasteiger partial charge is 0.356 e. The number of amides is 3. The summed E-state index contributed by atoms with van der Waals surface area (Å²) in [4.78, 5) is 33.0. The van der Waals surface area contributed by atoms with E-state index >= 15 is 0 Å². The molecule has 5 rings (SSSR count). The number of halogens is 1. The van der Waals surface area contributed by atoms with E-state index in [-0.39, 0.29) is 17.8 Å². The first-order valence-electron chi connectivity index (χ1n) is 10.1. The lowest BCUT2D eigenvalue weighted by atomic mass is 9.89. The number of nitrogens with zero attached hydrogens (tertiary/aromatic N) is 2. The fourth-order valence-electron chi connectivity index (χ4n) is 4.64. The number of aromatic nitrogens is 1. The lowest BCUT2D eigenvalue weighted by Gasteiger charge is -2.36. The number of nitrogens with one attached hydrogen (secondary N) is 1. The third-order valence-electron chi connectivity index (χ3n) is 6.06. The zero-order chi connectivity index (χ0) is 20.1. The third-order valence-corrected chi connectivity index (χ3v) is 6.06. The van der Waals surface area contributed by atoms with Crippen LogP contribution in [0.15, 0.2) is 48.5 Å². The number of carbonyl (C=O) groups excluding carboxylic acids is 2. The molecule has 0 aliphatic carbocycles. The normalized spacial score (nSPS) is 21.0. The second-order valence-corrected chi connectivity index (χ2v) is 7.77. The van der Waals surface area contributed by atoms with Crippen LogP contribution in [0.5, 0.6) is 0 Å². The van der Waals surface area contributed by atoms with Crippen molar-refractivity contribution in [2.75, 3.05) is 6.54 Å². The molecule has 5 nitrogen and oxygen atoms in total. The van der Waals surface area contributed by atoms with Crippen molar-refractivity contribution in [3.05, 3.63) is 71.2 Å². The van der Waals surface area contributed by atoms with Crippen molar-refractivity contribution in [1.29, 1.82) is 0 Å². The molecule has 2 aliphatic heterocycles. The molecule has 1 fully saturated rings. The van der Waals surface area contributed by atoms with E-state index in [1.54, 1.807) is 17.0 Å². The molecule has 0 radical (unpaired) electrons. The van der Waals surface area contributed by atoms with E-state index < -0.39 is 12.1 Å². The van der Waals surface area contributed by atoms with Crippen molar-refractivity contribution in [1.82, 2.24) is 14.8 Å². The van der Waals surface area contributed by atoms with Gasteiger partial charge in [-0.05, 0) is 35.7 Å². The Balaban J connectivity index is 1.68.